The van der Waals surface area contributed by atoms with Crippen molar-refractivity contribution in [2.45, 2.75) is 10.9 Å². The average molecular weight is 277 g/mol. The molecule has 1 aromatic heterocycles. The standard InChI is InChI=1S/C11H11N5O2S/c12-9-5-10(13)15-11(14-9)19-6-7-2-1-3-8(4-7)16(17)18/h1-5H,6H2,(H4,12,13,14,15). The fraction of sp³-hybridized carbons (Fsp3) is 0.0909. The first kappa shape index (κ1) is 13.1. The van der Waals surface area contributed by atoms with Crippen molar-refractivity contribution in [2.75, 3.05) is 11.5 Å². The van der Waals surface area contributed by atoms with Gasteiger partial charge < -0.3 is 11.5 Å². The molecule has 0 saturated carbocycles. The predicted octanol–water partition coefficient (Wildman–Crippen LogP) is 1.84. The topological polar surface area (TPSA) is 121 Å². The van der Waals surface area contributed by atoms with Gasteiger partial charge in [0.15, 0.2) is 5.16 Å². The lowest BCUT2D eigenvalue weighted by atomic mass is 10.2. The van der Waals surface area contributed by atoms with Crippen LogP contribution in [0.25, 0.3) is 0 Å². The van der Waals surface area contributed by atoms with Crippen LogP contribution in [0.1, 0.15) is 5.56 Å². The van der Waals surface area contributed by atoms with Crippen LogP contribution in [0, 0.1) is 10.1 Å². The molecule has 0 aliphatic carbocycles. The van der Waals surface area contributed by atoms with Gasteiger partial charge in [-0.15, -0.1) is 0 Å². The Morgan fingerprint density at radius 1 is 1.21 bits per heavy atom. The van der Waals surface area contributed by atoms with E-state index >= 15 is 0 Å². The third-order valence-corrected chi connectivity index (χ3v) is 3.15. The van der Waals surface area contributed by atoms with Crippen molar-refractivity contribution in [3.63, 3.8) is 0 Å². The van der Waals surface area contributed by atoms with Crippen molar-refractivity contribution in [1.82, 2.24) is 9.97 Å². The van der Waals surface area contributed by atoms with Crippen molar-refractivity contribution in [3.8, 4) is 0 Å². The zero-order valence-corrected chi connectivity index (χ0v) is 10.6. The van der Waals surface area contributed by atoms with Crippen LogP contribution in [-0.2, 0) is 5.75 Å². The van der Waals surface area contributed by atoms with Crippen LogP contribution in [-0.4, -0.2) is 14.9 Å². The molecule has 19 heavy (non-hydrogen) atoms. The van der Waals surface area contributed by atoms with Gasteiger partial charge in [0, 0.05) is 24.0 Å². The maximum Gasteiger partial charge on any atom is 0.269 e. The monoisotopic (exact) mass is 277 g/mol. The number of thioether (sulfide) groups is 1. The Morgan fingerprint density at radius 2 is 1.89 bits per heavy atom. The molecule has 0 bridgehead atoms. The third-order valence-electron chi connectivity index (χ3n) is 2.23. The van der Waals surface area contributed by atoms with Crippen molar-refractivity contribution in [1.29, 1.82) is 0 Å². The second kappa shape index (κ2) is 5.53. The summed E-state index contributed by atoms with van der Waals surface area (Å²) in [6, 6.07) is 7.88. The number of nitrogen functional groups attached to an aromatic ring is 2. The number of benzene rings is 1. The minimum atomic E-state index is -0.427. The highest BCUT2D eigenvalue weighted by molar-refractivity contribution is 7.98. The van der Waals surface area contributed by atoms with E-state index in [-0.39, 0.29) is 5.69 Å². The second-order valence-electron chi connectivity index (χ2n) is 3.72. The fourth-order valence-electron chi connectivity index (χ4n) is 1.43. The third kappa shape index (κ3) is 3.55. The summed E-state index contributed by atoms with van der Waals surface area (Å²) in [4.78, 5) is 18.3. The van der Waals surface area contributed by atoms with E-state index in [1.54, 1.807) is 12.1 Å². The summed E-state index contributed by atoms with van der Waals surface area (Å²) in [6.45, 7) is 0. The predicted molar refractivity (Wildman–Crippen MR) is 73.5 cm³/mol. The first-order chi connectivity index (χ1) is 9.04. The van der Waals surface area contributed by atoms with Crippen LogP contribution in [0.15, 0.2) is 35.5 Å². The molecule has 8 heteroatoms. The van der Waals surface area contributed by atoms with Crippen molar-refractivity contribution in [2.24, 2.45) is 0 Å². The Bertz CT molecular complexity index is 600. The molecule has 7 nitrogen and oxygen atoms in total. The smallest absolute Gasteiger partial charge is 0.269 e. The Morgan fingerprint density at radius 3 is 2.53 bits per heavy atom. The van der Waals surface area contributed by atoms with Crippen LogP contribution < -0.4 is 11.5 Å². The molecule has 98 valence electrons. The number of aromatic nitrogens is 2. The molecule has 0 saturated heterocycles. The van der Waals surface area contributed by atoms with Gasteiger partial charge in [-0.1, -0.05) is 23.9 Å². The minimum Gasteiger partial charge on any atom is -0.383 e. The van der Waals surface area contributed by atoms with Crippen molar-refractivity contribution < 1.29 is 4.92 Å². The first-order valence-electron chi connectivity index (χ1n) is 5.31. The maximum absolute atomic E-state index is 10.7. The molecule has 2 aromatic rings. The maximum atomic E-state index is 10.7. The number of anilines is 2. The molecule has 0 fully saturated rings. The van der Waals surface area contributed by atoms with Gasteiger partial charge in [-0.25, -0.2) is 9.97 Å². The lowest BCUT2D eigenvalue weighted by Crippen LogP contribution is -1.99. The molecule has 1 aromatic carbocycles. The molecule has 0 amide bonds. The molecule has 0 radical (unpaired) electrons. The summed E-state index contributed by atoms with van der Waals surface area (Å²) in [7, 11) is 0. The van der Waals surface area contributed by atoms with E-state index in [2.05, 4.69) is 9.97 Å². The number of nitrogens with two attached hydrogens (primary N) is 2. The largest absolute Gasteiger partial charge is 0.383 e. The van der Waals surface area contributed by atoms with Gasteiger partial charge in [-0.05, 0) is 5.56 Å². The van der Waals surface area contributed by atoms with Gasteiger partial charge in [-0.2, -0.15) is 0 Å². The average Bonchev–Trinajstić information content (AvgIpc) is 2.35. The highest BCUT2D eigenvalue weighted by atomic mass is 32.2. The summed E-state index contributed by atoms with van der Waals surface area (Å²) in [5, 5.41) is 11.1. The number of hydrogen-bond acceptors (Lipinski definition) is 7. The summed E-state index contributed by atoms with van der Waals surface area (Å²) in [5.74, 6) is 1.10. The van der Waals surface area contributed by atoms with Crippen LogP contribution in [0.4, 0.5) is 17.3 Å². The van der Waals surface area contributed by atoms with Gasteiger partial charge in [0.25, 0.3) is 5.69 Å². The fourth-order valence-corrected chi connectivity index (χ4v) is 2.25. The zero-order chi connectivity index (χ0) is 13.8. The molecular formula is C11H11N5O2S. The molecule has 0 aliphatic rings. The van der Waals surface area contributed by atoms with Crippen LogP contribution >= 0.6 is 11.8 Å². The molecule has 4 N–H and O–H groups in total. The molecule has 0 spiro atoms. The number of nitrogens with zero attached hydrogens (tertiary/aromatic N) is 3. The van der Waals surface area contributed by atoms with E-state index in [0.717, 1.165) is 5.56 Å². The van der Waals surface area contributed by atoms with Crippen LogP contribution in [0.3, 0.4) is 0 Å². The van der Waals surface area contributed by atoms with Gasteiger partial charge >= 0.3 is 0 Å². The molecule has 2 rings (SSSR count). The molecule has 1 heterocycles. The summed E-state index contributed by atoms with van der Waals surface area (Å²) in [6.07, 6.45) is 0. The normalized spacial score (nSPS) is 10.3. The number of rotatable bonds is 4. The van der Waals surface area contributed by atoms with E-state index < -0.39 is 4.92 Å². The number of nitro benzene ring substituents is 1. The number of nitro groups is 1. The minimum absolute atomic E-state index is 0.0612. The lowest BCUT2D eigenvalue weighted by molar-refractivity contribution is -0.384. The highest BCUT2D eigenvalue weighted by Gasteiger charge is 2.07. The quantitative estimate of drug-likeness (QED) is 0.378. The van der Waals surface area contributed by atoms with Gasteiger partial charge in [-0.3, -0.25) is 10.1 Å². The van der Waals surface area contributed by atoms with E-state index in [1.807, 2.05) is 0 Å². The van der Waals surface area contributed by atoms with Gasteiger partial charge in [0.05, 0.1) is 4.92 Å². The van der Waals surface area contributed by atoms with Crippen molar-refractivity contribution in [3.05, 3.63) is 46.0 Å². The summed E-state index contributed by atoms with van der Waals surface area (Å²) >= 11 is 1.32. The van der Waals surface area contributed by atoms with Gasteiger partial charge in [0.2, 0.25) is 0 Å². The molecule has 0 aliphatic heterocycles. The van der Waals surface area contributed by atoms with Crippen molar-refractivity contribution >= 4 is 29.1 Å². The molecule has 0 unspecified atom stereocenters. The van der Waals surface area contributed by atoms with Crippen LogP contribution in [0.2, 0.25) is 0 Å². The Balaban J connectivity index is 2.10. The second-order valence-corrected chi connectivity index (χ2v) is 4.66. The zero-order valence-electron chi connectivity index (χ0n) is 9.81. The Hall–Kier alpha value is -2.35. The summed E-state index contributed by atoms with van der Waals surface area (Å²) in [5.41, 5.74) is 12.0. The summed E-state index contributed by atoms with van der Waals surface area (Å²) < 4.78 is 0. The van der Waals surface area contributed by atoms with E-state index in [9.17, 15) is 10.1 Å². The van der Waals surface area contributed by atoms with E-state index in [4.69, 9.17) is 11.5 Å². The van der Waals surface area contributed by atoms with E-state index in [1.165, 1.54) is 30.0 Å². The number of hydrogen-bond donors (Lipinski definition) is 2. The number of non-ortho nitro benzene ring substituents is 1. The van der Waals surface area contributed by atoms with Crippen LogP contribution in [0.5, 0.6) is 0 Å². The van der Waals surface area contributed by atoms with E-state index in [0.29, 0.717) is 22.5 Å². The highest BCUT2D eigenvalue weighted by Crippen LogP contribution is 2.23. The Kier molecular flexibility index (Phi) is 3.81. The molecule has 0 atom stereocenters. The first-order valence-corrected chi connectivity index (χ1v) is 6.29. The van der Waals surface area contributed by atoms with Gasteiger partial charge in [0.1, 0.15) is 11.6 Å². The Labute approximate surface area is 113 Å². The SMILES string of the molecule is Nc1cc(N)nc(SCc2cccc([N+](=O)[O-])c2)n1. The lowest BCUT2D eigenvalue weighted by Gasteiger charge is -2.03. The molecular weight excluding hydrogens is 266 g/mol.